The molecule has 0 aliphatic carbocycles. The van der Waals surface area contributed by atoms with E-state index in [9.17, 15) is 8.78 Å². The third-order valence-corrected chi connectivity index (χ3v) is 4.74. The lowest BCUT2D eigenvalue weighted by Gasteiger charge is -2.15. The second-order valence-electron chi connectivity index (χ2n) is 7.07. The topological polar surface area (TPSA) is 76.4 Å². The average molecular weight is 556 g/mol. The van der Waals surface area contributed by atoms with Crippen LogP contribution in [-0.4, -0.2) is 27.3 Å². The maximum Gasteiger partial charge on any atom is 0.387 e. The minimum Gasteiger partial charge on any atom is -0.434 e. The Morgan fingerprint density at radius 2 is 1.78 bits per heavy atom. The maximum atomic E-state index is 12.8. The first kappa shape index (κ1) is 25.5. The highest BCUT2D eigenvalue weighted by Gasteiger charge is 2.11. The molecular weight excluding hydrogens is 529 g/mol. The Bertz CT molecular complexity index is 1030. The smallest absolute Gasteiger partial charge is 0.387 e. The maximum absolute atomic E-state index is 12.8. The third-order valence-electron chi connectivity index (χ3n) is 4.74. The van der Waals surface area contributed by atoms with E-state index in [-0.39, 0.29) is 36.3 Å². The first-order chi connectivity index (χ1) is 14.9. The summed E-state index contributed by atoms with van der Waals surface area (Å²) in [6.07, 6.45) is 0. The zero-order chi connectivity index (χ0) is 22.2. The highest BCUT2D eigenvalue weighted by molar-refractivity contribution is 14.0. The van der Waals surface area contributed by atoms with Crippen molar-refractivity contribution in [2.75, 3.05) is 0 Å². The van der Waals surface area contributed by atoms with Crippen LogP contribution in [0.25, 0.3) is 0 Å². The normalized spacial score (nSPS) is 11.2. The summed E-state index contributed by atoms with van der Waals surface area (Å²) in [6, 6.07) is 14.9. The van der Waals surface area contributed by atoms with Crippen LogP contribution in [0.1, 0.15) is 28.3 Å². The van der Waals surface area contributed by atoms with E-state index in [1.165, 1.54) is 0 Å². The Balaban J connectivity index is 0.00000363. The van der Waals surface area contributed by atoms with Crippen molar-refractivity contribution in [1.82, 2.24) is 25.4 Å². The summed E-state index contributed by atoms with van der Waals surface area (Å²) >= 11 is 0. The van der Waals surface area contributed by atoms with E-state index in [0.29, 0.717) is 24.6 Å². The summed E-state index contributed by atoms with van der Waals surface area (Å²) in [6.45, 7) is 2.03. The third kappa shape index (κ3) is 7.43. The molecule has 2 N–H and O–H groups in total. The van der Waals surface area contributed by atoms with Crippen molar-refractivity contribution in [1.29, 1.82) is 0 Å². The minimum atomic E-state index is -2.88. The zero-order valence-corrected chi connectivity index (χ0v) is 20.5. The molecule has 3 aromatic rings. The summed E-state index contributed by atoms with van der Waals surface area (Å²) in [5.41, 5.74) is 2.61. The van der Waals surface area contributed by atoms with Crippen LogP contribution in [0.3, 0.4) is 0 Å². The van der Waals surface area contributed by atoms with E-state index in [2.05, 4.69) is 30.6 Å². The summed E-state index contributed by atoms with van der Waals surface area (Å²) < 4.78 is 32.1. The van der Waals surface area contributed by atoms with Gasteiger partial charge in [-0.25, -0.2) is 4.99 Å². The Kier molecular flexibility index (Phi) is 9.82. The van der Waals surface area contributed by atoms with E-state index in [1.807, 2.05) is 61.9 Å². The van der Waals surface area contributed by atoms with Crippen molar-refractivity contribution in [3.8, 4) is 5.75 Å². The molecule has 172 valence electrons. The average Bonchev–Trinajstić information content (AvgIpc) is 3.07. The molecule has 0 aliphatic heterocycles. The Morgan fingerprint density at radius 3 is 2.44 bits per heavy atom. The largest absolute Gasteiger partial charge is 0.434 e. The number of aliphatic imine (C=N–C) groups is 1. The lowest BCUT2D eigenvalue weighted by Crippen LogP contribution is -2.37. The number of hydrogen-bond acceptors (Lipinski definition) is 4. The van der Waals surface area contributed by atoms with Gasteiger partial charge in [-0.1, -0.05) is 48.0 Å². The molecule has 10 heteroatoms. The molecule has 0 atom stereocenters. The molecule has 0 aliphatic rings. The van der Waals surface area contributed by atoms with Gasteiger partial charge in [0.05, 0.1) is 13.1 Å². The highest BCUT2D eigenvalue weighted by Crippen LogP contribution is 2.22. The van der Waals surface area contributed by atoms with E-state index >= 15 is 0 Å². The summed E-state index contributed by atoms with van der Waals surface area (Å²) in [5.74, 6) is 2.22. The van der Waals surface area contributed by atoms with Gasteiger partial charge in [0, 0.05) is 19.2 Å². The molecule has 3 rings (SSSR count). The monoisotopic (exact) mass is 556 g/mol. The van der Waals surface area contributed by atoms with Gasteiger partial charge in [-0.15, -0.1) is 34.2 Å². The molecule has 1 heterocycles. The van der Waals surface area contributed by atoms with Crippen LogP contribution in [0.4, 0.5) is 8.78 Å². The van der Waals surface area contributed by atoms with Gasteiger partial charge >= 0.3 is 6.61 Å². The van der Waals surface area contributed by atoms with Crippen molar-refractivity contribution < 1.29 is 13.5 Å². The predicted molar refractivity (Wildman–Crippen MR) is 130 cm³/mol. The Hall–Kier alpha value is -2.76. The van der Waals surface area contributed by atoms with E-state index in [4.69, 9.17) is 0 Å². The second kappa shape index (κ2) is 12.3. The molecule has 0 fully saturated rings. The van der Waals surface area contributed by atoms with E-state index < -0.39 is 6.61 Å². The fourth-order valence-electron chi connectivity index (χ4n) is 2.93. The van der Waals surface area contributed by atoms with Gasteiger partial charge in [-0.05, 0) is 25.5 Å². The van der Waals surface area contributed by atoms with Crippen molar-refractivity contribution in [3.63, 3.8) is 0 Å². The lowest BCUT2D eigenvalue weighted by atomic mass is 10.1. The number of halogens is 3. The van der Waals surface area contributed by atoms with Crippen LogP contribution < -0.4 is 15.4 Å². The second-order valence-corrected chi connectivity index (χ2v) is 7.07. The molecule has 1 aromatic heterocycles. The van der Waals surface area contributed by atoms with Gasteiger partial charge in [0.2, 0.25) is 0 Å². The number of nitrogens with one attached hydrogen (secondary N) is 2. The number of ether oxygens (including phenoxy) is 1. The van der Waals surface area contributed by atoms with Gasteiger partial charge in [0.1, 0.15) is 11.6 Å². The summed E-state index contributed by atoms with van der Waals surface area (Å²) in [5, 5.41) is 14.6. The number of hydrogen-bond donors (Lipinski definition) is 2. The standard InChI is InChI=1S/C22H26F2N6O.HI/c1-15-9-10-19(31-21(23)24)18(11-15)13-26-22(25-12-17-7-5-4-6-8-17)27-14-20-29-28-16(2)30(20)3;/h4-11,21H,12-14H2,1-3H3,(H2,25,26,27);1H. The molecule has 0 unspecified atom stereocenters. The molecular formula is C22H27F2IN6O. The van der Waals surface area contributed by atoms with Crippen LogP contribution in [0.5, 0.6) is 5.75 Å². The first-order valence-electron chi connectivity index (χ1n) is 9.87. The van der Waals surface area contributed by atoms with Crippen LogP contribution in [0.15, 0.2) is 53.5 Å². The number of aromatic nitrogens is 3. The van der Waals surface area contributed by atoms with E-state index in [0.717, 1.165) is 22.8 Å². The molecule has 0 spiro atoms. The van der Waals surface area contributed by atoms with Gasteiger partial charge in [0.15, 0.2) is 11.8 Å². The van der Waals surface area contributed by atoms with Gasteiger partial charge in [0.25, 0.3) is 0 Å². The molecule has 2 aromatic carbocycles. The van der Waals surface area contributed by atoms with Gasteiger partial charge < -0.3 is 19.9 Å². The number of aryl methyl sites for hydroxylation is 2. The molecule has 32 heavy (non-hydrogen) atoms. The van der Waals surface area contributed by atoms with Crippen molar-refractivity contribution in [2.24, 2.45) is 12.0 Å². The molecule has 0 saturated carbocycles. The van der Waals surface area contributed by atoms with Crippen molar-refractivity contribution in [2.45, 2.75) is 40.1 Å². The van der Waals surface area contributed by atoms with Crippen molar-refractivity contribution in [3.05, 3.63) is 76.9 Å². The SMILES string of the molecule is Cc1ccc(OC(F)F)c(CNC(=NCc2ccccc2)NCc2nnc(C)n2C)c1.I. The zero-order valence-electron chi connectivity index (χ0n) is 18.2. The Morgan fingerprint density at radius 1 is 1.06 bits per heavy atom. The molecule has 0 amide bonds. The molecule has 0 radical (unpaired) electrons. The molecule has 0 bridgehead atoms. The number of rotatable bonds is 8. The summed E-state index contributed by atoms with van der Waals surface area (Å²) in [7, 11) is 1.89. The van der Waals surface area contributed by atoms with Crippen LogP contribution >= 0.6 is 24.0 Å². The minimum absolute atomic E-state index is 0. The van der Waals surface area contributed by atoms with Crippen LogP contribution in [0.2, 0.25) is 0 Å². The lowest BCUT2D eigenvalue weighted by molar-refractivity contribution is -0.0504. The van der Waals surface area contributed by atoms with Crippen LogP contribution in [-0.2, 0) is 26.7 Å². The Labute approximate surface area is 203 Å². The quantitative estimate of drug-likeness (QED) is 0.249. The summed E-state index contributed by atoms with van der Waals surface area (Å²) in [4.78, 5) is 4.62. The number of alkyl halides is 2. The number of guanidine groups is 1. The fraction of sp³-hybridized carbons (Fsp3) is 0.318. The number of nitrogens with zero attached hydrogens (tertiary/aromatic N) is 4. The van der Waals surface area contributed by atoms with E-state index in [1.54, 1.807) is 12.1 Å². The van der Waals surface area contributed by atoms with Gasteiger partial charge in [-0.3, -0.25) is 0 Å². The van der Waals surface area contributed by atoms with Crippen LogP contribution in [0, 0.1) is 13.8 Å². The highest BCUT2D eigenvalue weighted by atomic mass is 127. The fourth-order valence-corrected chi connectivity index (χ4v) is 2.93. The first-order valence-corrected chi connectivity index (χ1v) is 9.87. The number of benzene rings is 2. The van der Waals surface area contributed by atoms with Gasteiger partial charge in [-0.2, -0.15) is 8.78 Å². The molecule has 7 nitrogen and oxygen atoms in total. The van der Waals surface area contributed by atoms with Crippen molar-refractivity contribution >= 4 is 29.9 Å². The predicted octanol–water partition coefficient (Wildman–Crippen LogP) is 4.09. The molecule has 0 saturated heterocycles.